The summed E-state index contributed by atoms with van der Waals surface area (Å²) in [6.45, 7) is 19.5. The van der Waals surface area contributed by atoms with Crippen LogP contribution >= 0.6 is 0 Å². The van der Waals surface area contributed by atoms with Crippen LogP contribution in [0.2, 0.25) is 0 Å². The molecule has 186 valence electrons. The van der Waals surface area contributed by atoms with Crippen LogP contribution in [0.15, 0.2) is 34.7 Å². The molecule has 0 bridgehead atoms. The van der Waals surface area contributed by atoms with Gasteiger partial charge < -0.3 is 32.9 Å². The van der Waals surface area contributed by atoms with Gasteiger partial charge in [-0.25, -0.2) is 12.7 Å². The van der Waals surface area contributed by atoms with E-state index in [2.05, 4.69) is 55.6 Å². The topological polar surface area (TPSA) is 37.4 Å². The van der Waals surface area contributed by atoms with E-state index in [1.165, 1.54) is 15.5 Å². The van der Waals surface area contributed by atoms with Gasteiger partial charge in [0.05, 0.1) is 51.7 Å². The van der Waals surface area contributed by atoms with E-state index in [1.807, 2.05) is 18.2 Å². The number of likely N-dealkylation sites (N-methyl/N-ethyl adjacent to an activating group) is 1. The molecule has 1 atom stereocenters. The maximum absolute atomic E-state index is 13.2. The number of halogens is 1. The third-order valence-corrected chi connectivity index (χ3v) is 9.15. The quantitative estimate of drug-likeness (QED) is 0.277. The Morgan fingerprint density at radius 2 is 1.41 bits per heavy atom. The molecule has 0 saturated carbocycles. The average molecular weight is 581 g/mol. The molecule has 0 fully saturated rings. The number of benzene rings is 1. The molecule has 0 radical (unpaired) electrons. The summed E-state index contributed by atoms with van der Waals surface area (Å²) < 4.78 is 29.6. The highest BCUT2D eigenvalue weighted by Gasteiger charge is 2.31. The summed E-state index contributed by atoms with van der Waals surface area (Å²) in [6.07, 6.45) is 0. The Balaban J connectivity index is 0.00000961. The minimum Gasteiger partial charge on any atom is -1.00 e. The predicted molar refractivity (Wildman–Crippen MR) is 133 cm³/mol. The number of sulfonamides is 1. The van der Waals surface area contributed by atoms with Crippen LogP contribution in [0.3, 0.4) is 0 Å². The van der Waals surface area contributed by atoms with Gasteiger partial charge in [-0.3, -0.25) is 0 Å². The van der Waals surface area contributed by atoms with Gasteiger partial charge in [0.25, 0.3) is 0 Å². The van der Waals surface area contributed by atoms with E-state index in [4.69, 9.17) is 0 Å². The molecule has 1 unspecified atom stereocenters. The molecule has 32 heavy (non-hydrogen) atoms. The van der Waals surface area contributed by atoms with Gasteiger partial charge in [0.15, 0.2) is 0 Å². The van der Waals surface area contributed by atoms with E-state index < -0.39 is 10.0 Å². The molecule has 1 aromatic carbocycles. The van der Waals surface area contributed by atoms with Crippen LogP contribution in [-0.2, 0) is 10.0 Å². The van der Waals surface area contributed by atoms with Crippen LogP contribution < -0.4 is 24.0 Å². The molecule has 0 saturated heterocycles. The van der Waals surface area contributed by atoms with Crippen LogP contribution in [0.5, 0.6) is 0 Å². The molecule has 0 aliphatic carbocycles. The zero-order chi connectivity index (χ0) is 24.0. The second kappa shape index (κ2) is 12.8. The predicted octanol–water partition coefficient (Wildman–Crippen LogP) is 1.32. The Morgan fingerprint density at radius 1 is 0.938 bits per heavy atom. The SMILES string of the molecule is CC[N+](C)(CC)C/C(C)=C(/c1ccccc1S(=O)(=O)N(C)C)C(C)C[N+](C)(CC)CC.[I-]. The zero-order valence-corrected chi connectivity index (χ0v) is 25.0. The highest BCUT2D eigenvalue weighted by atomic mass is 127. The summed E-state index contributed by atoms with van der Waals surface area (Å²) in [5, 5.41) is 0. The third kappa shape index (κ3) is 7.52. The van der Waals surface area contributed by atoms with Crippen LogP contribution in [0.4, 0.5) is 0 Å². The Morgan fingerprint density at radius 3 is 1.84 bits per heavy atom. The average Bonchev–Trinajstić information content (AvgIpc) is 2.73. The van der Waals surface area contributed by atoms with E-state index in [-0.39, 0.29) is 29.9 Å². The van der Waals surface area contributed by atoms with Crippen LogP contribution in [0.1, 0.15) is 47.1 Å². The van der Waals surface area contributed by atoms with E-state index in [1.54, 1.807) is 20.2 Å². The molecule has 5 nitrogen and oxygen atoms in total. The lowest BCUT2D eigenvalue weighted by Gasteiger charge is -2.37. The monoisotopic (exact) mass is 580 g/mol. The van der Waals surface area contributed by atoms with Crippen molar-refractivity contribution in [1.29, 1.82) is 0 Å². The van der Waals surface area contributed by atoms with E-state index >= 15 is 0 Å². The molecule has 1 aromatic rings. The van der Waals surface area contributed by atoms with Crippen molar-refractivity contribution >= 4 is 15.6 Å². The van der Waals surface area contributed by atoms with Crippen molar-refractivity contribution in [2.24, 2.45) is 5.92 Å². The van der Waals surface area contributed by atoms with Gasteiger partial charge in [0.2, 0.25) is 10.0 Å². The van der Waals surface area contributed by atoms with Gasteiger partial charge in [0.1, 0.15) is 6.54 Å². The van der Waals surface area contributed by atoms with Crippen molar-refractivity contribution in [2.45, 2.75) is 46.4 Å². The van der Waals surface area contributed by atoms with Gasteiger partial charge in [-0.15, -0.1) is 0 Å². The van der Waals surface area contributed by atoms with Crippen molar-refractivity contribution in [3.8, 4) is 0 Å². The number of quaternary nitrogens is 2. The van der Waals surface area contributed by atoms with Gasteiger partial charge in [-0.1, -0.05) is 25.1 Å². The van der Waals surface area contributed by atoms with Gasteiger partial charge in [-0.2, -0.15) is 0 Å². The molecule has 1 rings (SSSR count). The standard InChI is InChI=1S/C25H47N3O2S.HI/c1-11-27(9,12-2)19-21(5)25(22(6)20-28(10,13-3)14-4)23-17-15-16-18-24(23)31(29,30)26(7)8;/h15-18,21H,11-14,19-20H2,1-10H3;1H/q+2;/p-1/b25-22+;. The number of hydrogen-bond acceptors (Lipinski definition) is 2. The Kier molecular flexibility index (Phi) is 12.6. The van der Waals surface area contributed by atoms with E-state index in [0.29, 0.717) is 4.90 Å². The maximum atomic E-state index is 13.2. The number of nitrogens with zero attached hydrogens (tertiary/aromatic N) is 3. The Bertz CT molecular complexity index is 858. The molecule has 0 amide bonds. The second-order valence-corrected chi connectivity index (χ2v) is 11.8. The molecule has 0 aromatic heterocycles. The molecule has 0 spiro atoms. The molecular formula is C25H47IN3O2S+. The van der Waals surface area contributed by atoms with Crippen molar-refractivity contribution in [3.05, 3.63) is 35.4 Å². The van der Waals surface area contributed by atoms with Gasteiger partial charge in [-0.05, 0) is 57.4 Å². The zero-order valence-electron chi connectivity index (χ0n) is 22.1. The van der Waals surface area contributed by atoms with Crippen LogP contribution in [0.25, 0.3) is 5.57 Å². The first-order valence-electron chi connectivity index (χ1n) is 11.7. The van der Waals surface area contributed by atoms with Gasteiger partial charge in [0, 0.05) is 20.0 Å². The maximum Gasteiger partial charge on any atom is 0.243 e. The molecule has 0 aliphatic rings. The fourth-order valence-corrected chi connectivity index (χ4v) is 5.47. The lowest BCUT2D eigenvalue weighted by molar-refractivity contribution is -0.908. The molecule has 0 N–H and O–H groups in total. The lowest BCUT2D eigenvalue weighted by atomic mass is 9.88. The Hall–Kier alpha value is -0.480. The molecular weight excluding hydrogens is 533 g/mol. The first-order chi connectivity index (χ1) is 14.3. The minimum absolute atomic E-state index is 0. The molecule has 0 heterocycles. The highest BCUT2D eigenvalue weighted by Crippen LogP contribution is 2.34. The fraction of sp³-hybridized carbons (Fsp3) is 0.680. The first-order valence-corrected chi connectivity index (χ1v) is 13.1. The van der Waals surface area contributed by atoms with Crippen molar-refractivity contribution in [3.63, 3.8) is 0 Å². The summed E-state index contributed by atoms with van der Waals surface area (Å²) in [6, 6.07) is 7.54. The van der Waals surface area contributed by atoms with Crippen molar-refractivity contribution < 1.29 is 41.4 Å². The summed E-state index contributed by atoms with van der Waals surface area (Å²) >= 11 is 0. The summed E-state index contributed by atoms with van der Waals surface area (Å²) in [5.74, 6) is 0.241. The Labute approximate surface area is 215 Å². The normalized spacial score (nSPS) is 14.7. The third-order valence-electron chi connectivity index (χ3n) is 7.28. The van der Waals surface area contributed by atoms with Crippen molar-refractivity contribution in [2.75, 3.05) is 67.5 Å². The summed E-state index contributed by atoms with van der Waals surface area (Å²) in [7, 11) is 4.25. The smallest absolute Gasteiger partial charge is 0.243 e. The minimum atomic E-state index is -3.54. The lowest BCUT2D eigenvalue weighted by Crippen LogP contribution is -3.00. The van der Waals surface area contributed by atoms with Crippen molar-refractivity contribution in [1.82, 2.24) is 4.31 Å². The van der Waals surface area contributed by atoms with E-state index in [9.17, 15) is 8.42 Å². The number of hydrogen-bond donors (Lipinski definition) is 0. The highest BCUT2D eigenvalue weighted by molar-refractivity contribution is 7.89. The van der Waals surface area contributed by atoms with E-state index in [0.717, 1.165) is 53.8 Å². The molecule has 0 aliphatic heterocycles. The summed E-state index contributed by atoms with van der Waals surface area (Å²) in [5.41, 5.74) is 3.34. The second-order valence-electron chi connectivity index (χ2n) is 9.72. The summed E-state index contributed by atoms with van der Waals surface area (Å²) in [4.78, 5) is 0.408. The number of rotatable bonds is 12. The van der Waals surface area contributed by atoms with Crippen LogP contribution in [0, 0.1) is 5.92 Å². The largest absolute Gasteiger partial charge is 1.00 e. The molecule has 7 heteroatoms. The van der Waals surface area contributed by atoms with Gasteiger partial charge >= 0.3 is 0 Å². The first kappa shape index (κ1) is 31.5. The fourth-order valence-electron chi connectivity index (χ4n) is 4.37. The van der Waals surface area contributed by atoms with Crippen LogP contribution in [-0.4, -0.2) is 89.1 Å².